The molecule has 0 saturated carbocycles. The summed E-state index contributed by atoms with van der Waals surface area (Å²) >= 11 is 0. The van der Waals surface area contributed by atoms with Crippen molar-refractivity contribution < 1.29 is 22.7 Å². The van der Waals surface area contributed by atoms with E-state index < -0.39 is 18.1 Å². The molecule has 26 heavy (non-hydrogen) atoms. The summed E-state index contributed by atoms with van der Waals surface area (Å²) in [6.45, 7) is 0. The van der Waals surface area contributed by atoms with Gasteiger partial charge in [-0.15, -0.1) is 0 Å². The second kappa shape index (κ2) is 6.70. The Morgan fingerprint density at radius 2 is 2.00 bits per heavy atom. The number of hydrogen-bond acceptors (Lipinski definition) is 3. The van der Waals surface area contributed by atoms with E-state index in [1.165, 1.54) is 42.1 Å². The van der Waals surface area contributed by atoms with Gasteiger partial charge in [0.25, 0.3) is 5.91 Å². The second-order valence-electron chi connectivity index (χ2n) is 5.72. The summed E-state index contributed by atoms with van der Waals surface area (Å²) in [5, 5.41) is 2.76. The Morgan fingerprint density at radius 3 is 2.62 bits per heavy atom. The second-order valence-corrected chi connectivity index (χ2v) is 5.72. The van der Waals surface area contributed by atoms with Crippen molar-refractivity contribution in [2.24, 2.45) is 7.05 Å². The highest BCUT2D eigenvalue weighted by Gasteiger charge is 2.43. The Hall–Kier alpha value is -3.03. The first kappa shape index (κ1) is 17.8. The number of halogens is 3. The standard InChI is InChI=1S/C18H16F3N3O2/c1-24-14-10-12(26-2)7-6-11(14)9-15(24)17(25)23-16(18(19,20)21)13-5-3-4-8-22-13/h3-10,16H,1-2H3,(H,23,25)/t16-/m1/s1. The maximum absolute atomic E-state index is 13.4. The predicted molar refractivity (Wildman–Crippen MR) is 90.0 cm³/mol. The van der Waals surface area contributed by atoms with E-state index >= 15 is 0 Å². The number of nitrogens with one attached hydrogen (secondary N) is 1. The summed E-state index contributed by atoms with van der Waals surface area (Å²) in [5.41, 5.74) is 0.517. The van der Waals surface area contributed by atoms with Crippen LogP contribution in [0.1, 0.15) is 22.2 Å². The van der Waals surface area contributed by atoms with Crippen molar-refractivity contribution in [2.45, 2.75) is 12.2 Å². The topological polar surface area (TPSA) is 56.1 Å². The lowest BCUT2D eigenvalue weighted by Gasteiger charge is -2.21. The van der Waals surface area contributed by atoms with Gasteiger partial charge in [-0.05, 0) is 30.3 Å². The monoisotopic (exact) mass is 363 g/mol. The summed E-state index contributed by atoms with van der Waals surface area (Å²) in [7, 11) is 3.12. The number of nitrogens with zero attached hydrogens (tertiary/aromatic N) is 2. The van der Waals surface area contributed by atoms with Crippen LogP contribution in [0.4, 0.5) is 13.2 Å². The van der Waals surface area contributed by atoms with Crippen LogP contribution in [0.15, 0.2) is 48.7 Å². The minimum atomic E-state index is -4.67. The Balaban J connectivity index is 1.95. The highest BCUT2D eigenvalue weighted by Crippen LogP contribution is 2.32. The normalized spacial score (nSPS) is 12.8. The van der Waals surface area contributed by atoms with Crippen LogP contribution in [-0.2, 0) is 7.05 Å². The number of ether oxygens (including phenoxy) is 1. The zero-order valence-electron chi connectivity index (χ0n) is 14.0. The van der Waals surface area contributed by atoms with Gasteiger partial charge in [-0.3, -0.25) is 9.78 Å². The number of aromatic nitrogens is 2. The molecule has 0 aliphatic rings. The first-order valence-electron chi connectivity index (χ1n) is 7.73. The highest BCUT2D eigenvalue weighted by molar-refractivity contribution is 5.99. The van der Waals surface area contributed by atoms with E-state index in [1.54, 1.807) is 25.2 Å². The average molecular weight is 363 g/mol. The van der Waals surface area contributed by atoms with Gasteiger partial charge in [-0.2, -0.15) is 13.2 Å². The number of benzene rings is 1. The number of pyridine rings is 1. The Kier molecular flexibility index (Phi) is 4.58. The van der Waals surface area contributed by atoms with Crippen molar-refractivity contribution in [2.75, 3.05) is 7.11 Å². The summed E-state index contributed by atoms with van der Waals surface area (Å²) < 4.78 is 46.9. The number of fused-ring (bicyclic) bond motifs is 1. The fraction of sp³-hybridized carbons (Fsp3) is 0.222. The predicted octanol–water partition coefficient (Wildman–Crippen LogP) is 3.62. The largest absolute Gasteiger partial charge is 0.497 e. The summed E-state index contributed by atoms with van der Waals surface area (Å²) in [5.74, 6) is -0.247. The molecule has 3 rings (SSSR count). The fourth-order valence-electron chi connectivity index (χ4n) is 2.73. The van der Waals surface area contributed by atoms with Crippen LogP contribution < -0.4 is 10.1 Å². The van der Waals surface area contributed by atoms with Crippen LogP contribution >= 0.6 is 0 Å². The molecule has 0 fully saturated rings. The first-order valence-corrected chi connectivity index (χ1v) is 7.73. The number of alkyl halides is 3. The average Bonchev–Trinajstić information content (AvgIpc) is 2.95. The highest BCUT2D eigenvalue weighted by atomic mass is 19.4. The minimum Gasteiger partial charge on any atom is -0.497 e. The molecule has 3 aromatic rings. The van der Waals surface area contributed by atoms with Crippen molar-refractivity contribution >= 4 is 16.8 Å². The van der Waals surface area contributed by atoms with Gasteiger partial charge in [0.05, 0.1) is 18.3 Å². The van der Waals surface area contributed by atoms with Crippen LogP contribution in [0.25, 0.3) is 10.9 Å². The van der Waals surface area contributed by atoms with E-state index in [-0.39, 0.29) is 11.4 Å². The molecular weight excluding hydrogens is 347 g/mol. The zero-order chi connectivity index (χ0) is 18.9. The molecule has 0 aliphatic heterocycles. The molecule has 136 valence electrons. The van der Waals surface area contributed by atoms with Crippen LogP contribution in [-0.4, -0.2) is 28.7 Å². The van der Waals surface area contributed by atoms with Gasteiger partial charge in [0, 0.05) is 24.7 Å². The molecule has 2 heterocycles. The van der Waals surface area contributed by atoms with Gasteiger partial charge in [-0.25, -0.2) is 0 Å². The fourth-order valence-corrected chi connectivity index (χ4v) is 2.73. The van der Waals surface area contributed by atoms with Crippen molar-refractivity contribution in [1.82, 2.24) is 14.9 Å². The lowest BCUT2D eigenvalue weighted by atomic mass is 10.1. The molecular formula is C18H16F3N3O2. The number of carbonyl (C=O) groups is 1. The molecule has 0 radical (unpaired) electrons. The number of aryl methyl sites for hydroxylation is 1. The summed E-state index contributed by atoms with van der Waals surface area (Å²) in [6.07, 6.45) is -3.42. The lowest BCUT2D eigenvalue weighted by molar-refractivity contribution is -0.156. The molecule has 1 N–H and O–H groups in total. The first-order chi connectivity index (χ1) is 12.3. The van der Waals surface area contributed by atoms with E-state index in [1.807, 2.05) is 5.32 Å². The van der Waals surface area contributed by atoms with E-state index in [0.29, 0.717) is 11.3 Å². The number of amides is 1. The molecule has 0 spiro atoms. The molecule has 0 unspecified atom stereocenters. The van der Waals surface area contributed by atoms with Gasteiger partial charge < -0.3 is 14.6 Å². The van der Waals surface area contributed by atoms with Crippen molar-refractivity contribution in [1.29, 1.82) is 0 Å². The van der Waals surface area contributed by atoms with Gasteiger partial charge in [0.2, 0.25) is 0 Å². The Bertz CT molecular complexity index is 936. The number of methoxy groups -OCH3 is 1. The molecule has 2 aromatic heterocycles. The molecule has 1 aromatic carbocycles. The third kappa shape index (κ3) is 3.35. The maximum atomic E-state index is 13.4. The summed E-state index contributed by atoms with van der Waals surface area (Å²) in [4.78, 5) is 16.3. The van der Waals surface area contributed by atoms with Gasteiger partial charge >= 0.3 is 6.18 Å². The van der Waals surface area contributed by atoms with Crippen LogP contribution in [0.2, 0.25) is 0 Å². The van der Waals surface area contributed by atoms with E-state index in [2.05, 4.69) is 4.98 Å². The third-order valence-corrected chi connectivity index (χ3v) is 4.07. The maximum Gasteiger partial charge on any atom is 0.414 e. The molecule has 0 aliphatic carbocycles. The zero-order valence-corrected chi connectivity index (χ0v) is 14.0. The van der Waals surface area contributed by atoms with Gasteiger partial charge in [-0.1, -0.05) is 6.07 Å². The molecule has 0 bridgehead atoms. The SMILES string of the molecule is COc1ccc2cc(C(=O)N[C@H](c3ccccn3)C(F)(F)F)n(C)c2c1. The van der Waals surface area contributed by atoms with Gasteiger partial charge in [0.15, 0.2) is 6.04 Å². The van der Waals surface area contributed by atoms with Crippen LogP contribution in [0, 0.1) is 0 Å². The van der Waals surface area contributed by atoms with E-state index in [4.69, 9.17) is 4.74 Å². The minimum absolute atomic E-state index is 0.110. The van der Waals surface area contributed by atoms with E-state index in [9.17, 15) is 18.0 Å². The van der Waals surface area contributed by atoms with Crippen molar-refractivity contribution in [3.8, 4) is 5.75 Å². The Labute approximate surface area is 147 Å². The van der Waals surface area contributed by atoms with Gasteiger partial charge in [0.1, 0.15) is 11.4 Å². The van der Waals surface area contributed by atoms with Crippen molar-refractivity contribution in [3.63, 3.8) is 0 Å². The quantitative estimate of drug-likeness (QED) is 0.770. The molecule has 5 nitrogen and oxygen atoms in total. The smallest absolute Gasteiger partial charge is 0.414 e. The number of hydrogen-bond donors (Lipinski definition) is 1. The van der Waals surface area contributed by atoms with Crippen molar-refractivity contribution in [3.05, 3.63) is 60.0 Å². The Morgan fingerprint density at radius 1 is 1.23 bits per heavy atom. The number of carbonyl (C=O) groups excluding carboxylic acids is 1. The van der Waals surface area contributed by atoms with E-state index in [0.717, 1.165) is 5.39 Å². The molecule has 8 heteroatoms. The third-order valence-electron chi connectivity index (χ3n) is 4.07. The molecule has 1 atom stereocenters. The van der Waals surface area contributed by atoms with Crippen LogP contribution in [0.3, 0.4) is 0 Å². The lowest BCUT2D eigenvalue weighted by Crippen LogP contribution is -2.39. The molecule has 1 amide bonds. The molecule has 0 saturated heterocycles. The number of rotatable bonds is 4. The summed E-state index contributed by atoms with van der Waals surface area (Å²) in [6, 6.07) is 8.70. The van der Waals surface area contributed by atoms with Crippen LogP contribution in [0.5, 0.6) is 5.75 Å².